The van der Waals surface area contributed by atoms with Crippen LogP contribution in [0.1, 0.15) is 0 Å². The highest BCUT2D eigenvalue weighted by atomic mass is 15.0. The Balaban J connectivity index is 1.25. The smallest absolute Gasteiger partial charge is 0.164 e. The minimum atomic E-state index is 0.640. The molecule has 0 saturated heterocycles. The van der Waals surface area contributed by atoms with E-state index in [-0.39, 0.29) is 0 Å². The fraction of sp³-hybridized carbons (Fsp3) is 0. The van der Waals surface area contributed by atoms with Gasteiger partial charge in [0.05, 0.1) is 5.52 Å². The summed E-state index contributed by atoms with van der Waals surface area (Å²) in [6, 6.07) is 52.3. The fourth-order valence-electron chi connectivity index (χ4n) is 5.73. The number of aromatic amines is 1. The van der Waals surface area contributed by atoms with E-state index in [9.17, 15) is 0 Å². The minimum Gasteiger partial charge on any atom is -0.354 e. The van der Waals surface area contributed by atoms with Crippen LogP contribution in [-0.2, 0) is 0 Å². The maximum Gasteiger partial charge on any atom is 0.164 e. The van der Waals surface area contributed by atoms with Gasteiger partial charge in [-0.1, -0.05) is 140 Å². The molecule has 43 heavy (non-hydrogen) atoms. The normalized spacial score (nSPS) is 11.3. The molecule has 6 aromatic carbocycles. The van der Waals surface area contributed by atoms with Crippen molar-refractivity contribution in [2.45, 2.75) is 0 Å². The van der Waals surface area contributed by atoms with Gasteiger partial charge in [0, 0.05) is 38.5 Å². The number of nitrogens with zero attached hydrogens (tertiary/aromatic N) is 3. The highest BCUT2D eigenvalue weighted by Crippen LogP contribution is 2.35. The summed E-state index contributed by atoms with van der Waals surface area (Å²) in [6.07, 6.45) is 0. The second kappa shape index (κ2) is 10.5. The molecule has 1 N–H and O–H groups in total. The lowest BCUT2D eigenvalue weighted by Gasteiger charge is -2.10. The molecule has 202 valence electrons. The number of hydrogen-bond donors (Lipinski definition) is 1. The Hall–Kier alpha value is -5.87. The number of fused-ring (bicyclic) bond motifs is 3. The first-order valence-electron chi connectivity index (χ1n) is 14.4. The molecule has 0 bridgehead atoms. The number of benzene rings is 6. The molecule has 2 heterocycles. The number of para-hydroxylation sites is 2. The molecule has 4 nitrogen and oxygen atoms in total. The second-order valence-electron chi connectivity index (χ2n) is 10.6. The SMILES string of the molecule is c1ccc(-c2ccc(-c3nc(-c4ccccc4)nc(-c4cccc(-c5cccc6c5[nH]c5ccccc56)c4)n3)cc2)cc1. The lowest BCUT2D eigenvalue weighted by molar-refractivity contribution is 1.07. The van der Waals surface area contributed by atoms with Gasteiger partial charge in [0.25, 0.3) is 0 Å². The van der Waals surface area contributed by atoms with Crippen LogP contribution in [0.2, 0.25) is 0 Å². The molecular formula is C39H26N4. The van der Waals surface area contributed by atoms with Crippen LogP contribution in [0.15, 0.2) is 152 Å². The summed E-state index contributed by atoms with van der Waals surface area (Å²) in [5, 5.41) is 2.44. The zero-order chi connectivity index (χ0) is 28.6. The Kier molecular flexibility index (Phi) is 6.08. The molecule has 0 amide bonds. The highest BCUT2D eigenvalue weighted by molar-refractivity contribution is 6.11. The first-order valence-corrected chi connectivity index (χ1v) is 14.4. The molecule has 2 aromatic heterocycles. The Bertz CT molecular complexity index is 2220. The molecule has 0 aliphatic carbocycles. The summed E-state index contributed by atoms with van der Waals surface area (Å²) >= 11 is 0. The maximum atomic E-state index is 5.00. The van der Waals surface area contributed by atoms with Gasteiger partial charge in [0.15, 0.2) is 17.5 Å². The average molecular weight is 551 g/mol. The van der Waals surface area contributed by atoms with Crippen LogP contribution in [0.25, 0.3) is 78.2 Å². The van der Waals surface area contributed by atoms with Crippen molar-refractivity contribution in [1.82, 2.24) is 19.9 Å². The van der Waals surface area contributed by atoms with Crippen molar-refractivity contribution in [3.05, 3.63) is 152 Å². The lowest BCUT2D eigenvalue weighted by atomic mass is 10.00. The van der Waals surface area contributed by atoms with Crippen LogP contribution in [0, 0.1) is 0 Å². The molecule has 0 unspecified atom stereocenters. The van der Waals surface area contributed by atoms with Gasteiger partial charge in [-0.05, 0) is 28.8 Å². The van der Waals surface area contributed by atoms with Gasteiger partial charge >= 0.3 is 0 Å². The summed E-state index contributed by atoms with van der Waals surface area (Å²) in [5.41, 5.74) is 9.67. The van der Waals surface area contributed by atoms with Gasteiger partial charge in [-0.25, -0.2) is 15.0 Å². The third kappa shape index (κ3) is 4.65. The number of hydrogen-bond acceptors (Lipinski definition) is 3. The third-order valence-electron chi connectivity index (χ3n) is 7.89. The van der Waals surface area contributed by atoms with Crippen LogP contribution in [0.4, 0.5) is 0 Å². The Morgan fingerprint density at radius 2 is 0.837 bits per heavy atom. The highest BCUT2D eigenvalue weighted by Gasteiger charge is 2.15. The largest absolute Gasteiger partial charge is 0.354 e. The van der Waals surface area contributed by atoms with Crippen molar-refractivity contribution in [3.8, 4) is 56.4 Å². The van der Waals surface area contributed by atoms with Gasteiger partial charge in [0.2, 0.25) is 0 Å². The molecule has 0 atom stereocenters. The van der Waals surface area contributed by atoms with Crippen molar-refractivity contribution in [2.24, 2.45) is 0 Å². The van der Waals surface area contributed by atoms with Gasteiger partial charge < -0.3 is 4.98 Å². The monoisotopic (exact) mass is 550 g/mol. The van der Waals surface area contributed by atoms with Crippen LogP contribution in [-0.4, -0.2) is 19.9 Å². The number of aromatic nitrogens is 4. The molecule has 8 aromatic rings. The molecule has 8 rings (SSSR count). The third-order valence-corrected chi connectivity index (χ3v) is 7.89. The van der Waals surface area contributed by atoms with E-state index in [1.165, 1.54) is 16.3 Å². The zero-order valence-corrected chi connectivity index (χ0v) is 23.3. The molecule has 0 saturated carbocycles. The number of rotatable bonds is 5. The topological polar surface area (TPSA) is 54.5 Å². The summed E-state index contributed by atoms with van der Waals surface area (Å²) in [5.74, 6) is 1.93. The molecule has 0 fully saturated rings. The van der Waals surface area contributed by atoms with E-state index in [2.05, 4.69) is 120 Å². The van der Waals surface area contributed by atoms with Crippen molar-refractivity contribution < 1.29 is 0 Å². The van der Waals surface area contributed by atoms with E-state index in [1.54, 1.807) is 0 Å². The summed E-state index contributed by atoms with van der Waals surface area (Å²) in [4.78, 5) is 18.5. The van der Waals surface area contributed by atoms with E-state index in [0.717, 1.165) is 44.4 Å². The predicted octanol–water partition coefficient (Wildman–Crippen LogP) is 9.84. The van der Waals surface area contributed by atoms with Gasteiger partial charge in [-0.15, -0.1) is 0 Å². The first-order chi connectivity index (χ1) is 21.3. The molecule has 0 spiro atoms. The molecule has 4 heteroatoms. The maximum absolute atomic E-state index is 5.00. The first kappa shape index (κ1) is 24.9. The van der Waals surface area contributed by atoms with Crippen molar-refractivity contribution >= 4 is 21.8 Å². The Morgan fingerprint density at radius 1 is 0.349 bits per heavy atom. The zero-order valence-electron chi connectivity index (χ0n) is 23.3. The van der Waals surface area contributed by atoms with E-state index < -0.39 is 0 Å². The Labute approximate surface area is 249 Å². The summed E-state index contributed by atoms with van der Waals surface area (Å²) < 4.78 is 0. The van der Waals surface area contributed by atoms with Crippen molar-refractivity contribution in [1.29, 1.82) is 0 Å². The molecule has 0 aliphatic rings. The standard InChI is InChI=1S/C39H26N4/c1-3-11-26(12-4-1)27-21-23-29(24-22-27)38-41-37(28-13-5-2-6-14-28)42-39(43-38)31-16-9-15-30(25-31)32-18-10-19-34-33-17-7-8-20-35(33)40-36(32)34/h1-25,40H. The van der Waals surface area contributed by atoms with E-state index in [4.69, 9.17) is 15.0 Å². The minimum absolute atomic E-state index is 0.640. The van der Waals surface area contributed by atoms with E-state index in [1.807, 2.05) is 36.4 Å². The van der Waals surface area contributed by atoms with Crippen LogP contribution >= 0.6 is 0 Å². The summed E-state index contributed by atoms with van der Waals surface area (Å²) in [7, 11) is 0. The molecule has 0 radical (unpaired) electrons. The van der Waals surface area contributed by atoms with Crippen LogP contribution < -0.4 is 0 Å². The predicted molar refractivity (Wildman–Crippen MR) is 176 cm³/mol. The Morgan fingerprint density at radius 3 is 1.58 bits per heavy atom. The van der Waals surface area contributed by atoms with E-state index in [0.29, 0.717) is 17.5 Å². The molecule has 0 aliphatic heterocycles. The van der Waals surface area contributed by atoms with Gasteiger partial charge in [-0.3, -0.25) is 0 Å². The van der Waals surface area contributed by atoms with Crippen LogP contribution in [0.3, 0.4) is 0 Å². The average Bonchev–Trinajstić information content (AvgIpc) is 3.48. The van der Waals surface area contributed by atoms with Gasteiger partial charge in [-0.2, -0.15) is 0 Å². The summed E-state index contributed by atoms with van der Waals surface area (Å²) in [6.45, 7) is 0. The second-order valence-corrected chi connectivity index (χ2v) is 10.6. The number of H-pyrrole nitrogens is 1. The van der Waals surface area contributed by atoms with Crippen LogP contribution in [0.5, 0.6) is 0 Å². The molecular weight excluding hydrogens is 524 g/mol. The van der Waals surface area contributed by atoms with Gasteiger partial charge in [0.1, 0.15) is 0 Å². The lowest BCUT2D eigenvalue weighted by Crippen LogP contribution is -2.00. The quantitative estimate of drug-likeness (QED) is 0.232. The fourth-order valence-corrected chi connectivity index (χ4v) is 5.73. The van der Waals surface area contributed by atoms with Crippen molar-refractivity contribution in [3.63, 3.8) is 0 Å². The van der Waals surface area contributed by atoms with E-state index >= 15 is 0 Å². The van der Waals surface area contributed by atoms with Crippen molar-refractivity contribution in [2.75, 3.05) is 0 Å². The number of nitrogens with one attached hydrogen (secondary N) is 1.